The van der Waals surface area contributed by atoms with Gasteiger partial charge in [-0.25, -0.2) is 4.99 Å². The van der Waals surface area contributed by atoms with Crippen molar-refractivity contribution in [1.82, 2.24) is 4.98 Å². The van der Waals surface area contributed by atoms with Crippen molar-refractivity contribution in [3.05, 3.63) is 24.0 Å². The second kappa shape index (κ2) is 2.61. The Morgan fingerprint density at radius 1 is 1.42 bits per heavy atom. The average Bonchev–Trinajstić information content (AvgIpc) is 2.02. The Hall–Kier alpha value is -0.800. The van der Waals surface area contributed by atoms with E-state index in [0.717, 1.165) is 11.4 Å². The highest BCUT2D eigenvalue weighted by Crippen LogP contribution is 2.29. The van der Waals surface area contributed by atoms with E-state index in [4.69, 9.17) is 23.2 Å². The fraction of sp³-hybridized carbons (Fsp3) is 0.143. The quantitative estimate of drug-likeness (QED) is 0.516. The predicted molar refractivity (Wildman–Crippen MR) is 49.9 cm³/mol. The Kier molecular flexibility index (Phi) is 1.70. The molecule has 0 fully saturated rings. The summed E-state index contributed by atoms with van der Waals surface area (Å²) < 4.78 is -1.25. The zero-order valence-corrected chi connectivity index (χ0v) is 7.47. The molecule has 0 atom stereocenters. The van der Waals surface area contributed by atoms with Crippen molar-refractivity contribution in [2.24, 2.45) is 4.99 Å². The normalized spacial score (nSPS) is 18.2. The van der Waals surface area contributed by atoms with Crippen LogP contribution in [0.5, 0.6) is 0 Å². The summed E-state index contributed by atoms with van der Waals surface area (Å²) in [6.07, 6.45) is 3.23. The van der Waals surface area contributed by atoms with E-state index >= 15 is 0 Å². The molecule has 1 aliphatic heterocycles. The maximum Gasteiger partial charge on any atom is 0.285 e. The number of halogens is 2. The Morgan fingerprint density at radius 3 is 3.08 bits per heavy atom. The molecule has 0 aromatic carbocycles. The molecule has 5 heteroatoms. The molecule has 0 bridgehead atoms. The number of aromatic nitrogens is 1. The number of anilines is 1. The fourth-order valence-corrected chi connectivity index (χ4v) is 1.26. The molecule has 0 saturated heterocycles. The molecule has 0 aliphatic carbocycles. The average molecular weight is 202 g/mol. The third-order valence-electron chi connectivity index (χ3n) is 1.47. The molecule has 1 aromatic heterocycles. The van der Waals surface area contributed by atoms with Gasteiger partial charge in [-0.3, -0.25) is 4.98 Å². The molecule has 0 spiro atoms. The molecule has 2 rings (SSSR count). The molecule has 1 aliphatic rings. The predicted octanol–water partition coefficient (Wildman–Crippen LogP) is 2.01. The first-order valence-corrected chi connectivity index (χ1v) is 4.09. The minimum atomic E-state index is -1.25. The van der Waals surface area contributed by atoms with Gasteiger partial charge < -0.3 is 5.32 Å². The number of fused-ring (bicyclic) bond motifs is 1. The van der Waals surface area contributed by atoms with Gasteiger partial charge in [-0.15, -0.1) is 0 Å². The summed E-state index contributed by atoms with van der Waals surface area (Å²) in [6.45, 7) is 0. The van der Waals surface area contributed by atoms with Gasteiger partial charge in [-0.05, 0) is 12.1 Å². The minimum Gasteiger partial charge on any atom is -0.334 e. The van der Waals surface area contributed by atoms with E-state index in [0.29, 0.717) is 0 Å². The first kappa shape index (κ1) is 7.83. The highest BCUT2D eigenvalue weighted by molar-refractivity contribution is 6.50. The van der Waals surface area contributed by atoms with Crippen LogP contribution in [0.4, 0.5) is 5.69 Å². The Bertz CT molecular complexity index is 335. The van der Waals surface area contributed by atoms with Gasteiger partial charge in [0.05, 0.1) is 11.9 Å². The number of aliphatic imine (C=N–C) groups is 1. The molecule has 2 heterocycles. The zero-order chi connectivity index (χ0) is 8.60. The first-order valence-electron chi connectivity index (χ1n) is 3.34. The number of nitrogens with one attached hydrogen (secondary N) is 1. The van der Waals surface area contributed by atoms with E-state index in [-0.39, 0.29) is 0 Å². The summed E-state index contributed by atoms with van der Waals surface area (Å²) in [5.41, 5.74) is 1.53. The van der Waals surface area contributed by atoms with Crippen LogP contribution in [-0.4, -0.2) is 15.8 Å². The smallest absolute Gasteiger partial charge is 0.285 e. The summed E-state index contributed by atoms with van der Waals surface area (Å²) in [4.78, 5) is 7.89. The third-order valence-corrected chi connectivity index (χ3v) is 1.86. The van der Waals surface area contributed by atoms with E-state index in [9.17, 15) is 0 Å². The zero-order valence-electron chi connectivity index (χ0n) is 5.96. The van der Waals surface area contributed by atoms with Crippen molar-refractivity contribution in [2.75, 3.05) is 5.32 Å². The van der Waals surface area contributed by atoms with E-state index in [1.54, 1.807) is 18.5 Å². The lowest BCUT2D eigenvalue weighted by atomic mass is 10.3. The third kappa shape index (κ3) is 1.38. The second-order valence-corrected chi connectivity index (χ2v) is 3.65. The van der Waals surface area contributed by atoms with Gasteiger partial charge in [-0.1, -0.05) is 23.2 Å². The molecular weight excluding hydrogens is 197 g/mol. The molecule has 3 nitrogen and oxygen atoms in total. The number of hydrogen-bond donors (Lipinski definition) is 1. The van der Waals surface area contributed by atoms with Gasteiger partial charge in [-0.2, -0.15) is 0 Å². The van der Waals surface area contributed by atoms with E-state index in [1.807, 2.05) is 6.07 Å². The largest absolute Gasteiger partial charge is 0.334 e. The molecule has 12 heavy (non-hydrogen) atoms. The van der Waals surface area contributed by atoms with Crippen molar-refractivity contribution >= 4 is 35.1 Å². The van der Waals surface area contributed by atoms with Crippen LogP contribution in [0.15, 0.2) is 23.3 Å². The highest BCUT2D eigenvalue weighted by atomic mass is 35.5. The number of alkyl halides is 2. The molecule has 1 N–H and O–H groups in total. The lowest BCUT2D eigenvalue weighted by Gasteiger charge is -2.22. The van der Waals surface area contributed by atoms with Crippen molar-refractivity contribution in [2.45, 2.75) is 4.58 Å². The first-order chi connectivity index (χ1) is 5.67. The Labute approximate surface area is 79.4 Å². The van der Waals surface area contributed by atoms with Gasteiger partial charge in [0.1, 0.15) is 5.69 Å². The molecular formula is C7H5Cl2N3. The van der Waals surface area contributed by atoms with Gasteiger partial charge in [0.2, 0.25) is 0 Å². The number of hydrogen-bond acceptors (Lipinski definition) is 3. The Balaban J connectivity index is 2.46. The maximum atomic E-state index is 5.73. The highest BCUT2D eigenvalue weighted by Gasteiger charge is 2.25. The van der Waals surface area contributed by atoms with Gasteiger partial charge in [0, 0.05) is 6.20 Å². The summed E-state index contributed by atoms with van der Waals surface area (Å²) in [5, 5.41) is 2.81. The van der Waals surface area contributed by atoms with Gasteiger partial charge >= 0.3 is 0 Å². The van der Waals surface area contributed by atoms with Crippen LogP contribution in [0.25, 0.3) is 0 Å². The van der Waals surface area contributed by atoms with Crippen LogP contribution in [-0.2, 0) is 0 Å². The molecule has 0 saturated carbocycles. The SMILES string of the molecule is ClC1(Cl)N=Cc2ncccc2N1. The topological polar surface area (TPSA) is 37.3 Å². The molecule has 0 amide bonds. The lowest BCUT2D eigenvalue weighted by Crippen LogP contribution is -2.26. The van der Waals surface area contributed by atoms with Gasteiger partial charge in [0.25, 0.3) is 4.58 Å². The molecule has 62 valence electrons. The van der Waals surface area contributed by atoms with E-state index < -0.39 is 4.58 Å². The monoisotopic (exact) mass is 201 g/mol. The van der Waals surface area contributed by atoms with Crippen LogP contribution < -0.4 is 5.32 Å². The van der Waals surface area contributed by atoms with Gasteiger partial charge in [0.15, 0.2) is 0 Å². The van der Waals surface area contributed by atoms with Crippen LogP contribution in [0.1, 0.15) is 5.69 Å². The maximum absolute atomic E-state index is 5.73. The number of rotatable bonds is 0. The van der Waals surface area contributed by atoms with Crippen LogP contribution in [0, 0.1) is 0 Å². The van der Waals surface area contributed by atoms with Crippen molar-refractivity contribution in [1.29, 1.82) is 0 Å². The standard InChI is InChI=1S/C7H5Cl2N3/c8-7(9)11-4-6-5(12-7)2-1-3-10-6/h1-4,12H. The van der Waals surface area contributed by atoms with Crippen molar-refractivity contribution in [3.8, 4) is 0 Å². The Morgan fingerprint density at radius 2 is 2.25 bits per heavy atom. The van der Waals surface area contributed by atoms with Crippen LogP contribution >= 0.6 is 23.2 Å². The van der Waals surface area contributed by atoms with Crippen molar-refractivity contribution < 1.29 is 0 Å². The number of pyridine rings is 1. The second-order valence-electron chi connectivity index (χ2n) is 2.36. The van der Waals surface area contributed by atoms with E-state index in [1.165, 1.54) is 0 Å². The molecule has 1 aromatic rings. The minimum absolute atomic E-state index is 0.745. The van der Waals surface area contributed by atoms with Crippen LogP contribution in [0.2, 0.25) is 0 Å². The lowest BCUT2D eigenvalue weighted by molar-refractivity contribution is 0.938. The molecule has 0 unspecified atom stereocenters. The summed E-state index contributed by atoms with van der Waals surface area (Å²) in [6, 6.07) is 3.64. The summed E-state index contributed by atoms with van der Waals surface area (Å²) in [7, 11) is 0. The summed E-state index contributed by atoms with van der Waals surface area (Å²) >= 11 is 11.5. The summed E-state index contributed by atoms with van der Waals surface area (Å²) in [5.74, 6) is 0. The molecule has 0 radical (unpaired) electrons. The van der Waals surface area contributed by atoms with E-state index in [2.05, 4.69) is 15.3 Å². The fourth-order valence-electron chi connectivity index (χ4n) is 0.963. The van der Waals surface area contributed by atoms with Crippen molar-refractivity contribution in [3.63, 3.8) is 0 Å². The number of nitrogens with zero attached hydrogens (tertiary/aromatic N) is 2. The van der Waals surface area contributed by atoms with Crippen LogP contribution in [0.3, 0.4) is 0 Å².